The third kappa shape index (κ3) is 3.04. The fraction of sp³-hybridized carbons (Fsp3) is 0.316. The number of hydrogen-bond donors (Lipinski definition) is 1. The molecule has 0 spiro atoms. The van der Waals surface area contributed by atoms with Crippen LogP contribution in [0.3, 0.4) is 0 Å². The summed E-state index contributed by atoms with van der Waals surface area (Å²) in [6.07, 6.45) is 2.19. The zero-order chi connectivity index (χ0) is 15.4. The second-order valence-corrected chi connectivity index (χ2v) is 5.76. The lowest BCUT2D eigenvalue weighted by Crippen LogP contribution is -2.30. The Morgan fingerprint density at radius 1 is 1.18 bits per heavy atom. The summed E-state index contributed by atoms with van der Waals surface area (Å²) in [5, 5.41) is 18.5. The molecule has 112 valence electrons. The van der Waals surface area contributed by atoms with Gasteiger partial charge in [0.05, 0.1) is 18.2 Å². The van der Waals surface area contributed by atoms with Crippen LogP contribution in [-0.4, -0.2) is 23.2 Å². The van der Waals surface area contributed by atoms with Crippen molar-refractivity contribution in [2.24, 2.45) is 0 Å². The van der Waals surface area contributed by atoms with Crippen LogP contribution in [0.1, 0.15) is 34.7 Å². The summed E-state index contributed by atoms with van der Waals surface area (Å²) in [6.45, 7) is 1.56. The molecule has 0 saturated carbocycles. The van der Waals surface area contributed by atoms with Crippen LogP contribution < -0.4 is 0 Å². The minimum atomic E-state index is 0.149. The molecule has 2 aromatic carbocycles. The Morgan fingerprint density at radius 3 is 2.86 bits per heavy atom. The van der Waals surface area contributed by atoms with Gasteiger partial charge >= 0.3 is 0 Å². The summed E-state index contributed by atoms with van der Waals surface area (Å²) in [7, 11) is 0. The standard InChI is InChI=1S/C19H20N2O/c20-13-15-4-3-5-16(12-15)14-21(10-11-22)19-9-8-17-6-1-2-7-18(17)19/h1-7,12,19,22H,8-11,14H2. The minimum Gasteiger partial charge on any atom is -0.395 e. The molecule has 3 rings (SSSR count). The lowest BCUT2D eigenvalue weighted by Gasteiger charge is -2.29. The Balaban J connectivity index is 1.83. The number of benzene rings is 2. The van der Waals surface area contributed by atoms with Crippen molar-refractivity contribution >= 4 is 0 Å². The number of aliphatic hydroxyl groups excluding tert-OH is 1. The quantitative estimate of drug-likeness (QED) is 0.921. The van der Waals surface area contributed by atoms with Crippen molar-refractivity contribution in [3.8, 4) is 6.07 Å². The second kappa shape index (κ2) is 6.74. The molecule has 0 fully saturated rings. The van der Waals surface area contributed by atoms with E-state index in [-0.39, 0.29) is 6.61 Å². The van der Waals surface area contributed by atoms with Crippen LogP contribution in [0.15, 0.2) is 48.5 Å². The summed E-state index contributed by atoms with van der Waals surface area (Å²) in [5.41, 5.74) is 4.61. The Bertz CT molecular complexity index is 690. The predicted octanol–water partition coefficient (Wildman–Crippen LogP) is 3.04. The maximum Gasteiger partial charge on any atom is 0.0991 e. The number of fused-ring (bicyclic) bond motifs is 1. The largest absolute Gasteiger partial charge is 0.395 e. The Labute approximate surface area is 131 Å². The predicted molar refractivity (Wildman–Crippen MR) is 86.2 cm³/mol. The summed E-state index contributed by atoms with van der Waals surface area (Å²) in [5.74, 6) is 0. The summed E-state index contributed by atoms with van der Waals surface area (Å²) in [4.78, 5) is 2.32. The molecule has 1 atom stereocenters. The van der Waals surface area contributed by atoms with E-state index in [0.29, 0.717) is 18.2 Å². The molecule has 0 saturated heterocycles. The monoisotopic (exact) mass is 292 g/mol. The topological polar surface area (TPSA) is 47.3 Å². The summed E-state index contributed by atoms with van der Waals surface area (Å²) < 4.78 is 0. The molecule has 1 unspecified atom stereocenters. The first-order chi connectivity index (χ1) is 10.8. The molecular formula is C19H20N2O. The van der Waals surface area contributed by atoms with Crippen LogP contribution in [0.2, 0.25) is 0 Å². The summed E-state index contributed by atoms with van der Waals surface area (Å²) in [6, 6.07) is 18.9. The molecule has 3 nitrogen and oxygen atoms in total. The van der Waals surface area contributed by atoms with Crippen LogP contribution in [0.25, 0.3) is 0 Å². The number of hydrogen-bond acceptors (Lipinski definition) is 3. The molecule has 1 aliphatic carbocycles. The van der Waals surface area contributed by atoms with Crippen molar-refractivity contribution in [1.29, 1.82) is 5.26 Å². The van der Waals surface area contributed by atoms with Crippen molar-refractivity contribution in [2.45, 2.75) is 25.4 Å². The van der Waals surface area contributed by atoms with Gasteiger partial charge in [-0.05, 0) is 41.7 Å². The molecule has 2 aromatic rings. The first-order valence-electron chi connectivity index (χ1n) is 7.73. The zero-order valence-corrected chi connectivity index (χ0v) is 12.6. The molecule has 0 aromatic heterocycles. The van der Waals surface area contributed by atoms with Crippen LogP contribution in [0, 0.1) is 11.3 Å². The number of rotatable bonds is 5. The van der Waals surface area contributed by atoms with Gasteiger partial charge in [-0.1, -0.05) is 36.4 Å². The highest BCUT2D eigenvalue weighted by Gasteiger charge is 2.27. The highest BCUT2D eigenvalue weighted by atomic mass is 16.3. The molecule has 0 bridgehead atoms. The maximum atomic E-state index is 9.43. The van der Waals surface area contributed by atoms with Gasteiger partial charge in [0.1, 0.15) is 0 Å². The van der Waals surface area contributed by atoms with Crippen LogP contribution in [0.4, 0.5) is 0 Å². The van der Waals surface area contributed by atoms with E-state index in [1.165, 1.54) is 11.1 Å². The molecule has 0 radical (unpaired) electrons. The molecule has 22 heavy (non-hydrogen) atoms. The number of aryl methyl sites for hydroxylation is 1. The van der Waals surface area contributed by atoms with E-state index in [9.17, 15) is 5.11 Å². The van der Waals surface area contributed by atoms with Crippen molar-refractivity contribution in [3.63, 3.8) is 0 Å². The fourth-order valence-corrected chi connectivity index (χ4v) is 3.36. The average molecular weight is 292 g/mol. The van der Waals surface area contributed by atoms with Gasteiger partial charge in [0.15, 0.2) is 0 Å². The van der Waals surface area contributed by atoms with E-state index in [1.807, 2.05) is 24.3 Å². The van der Waals surface area contributed by atoms with Crippen molar-refractivity contribution in [1.82, 2.24) is 4.90 Å². The number of nitrogens with zero attached hydrogens (tertiary/aromatic N) is 2. The van der Waals surface area contributed by atoms with E-state index in [0.717, 1.165) is 24.9 Å². The highest BCUT2D eigenvalue weighted by molar-refractivity contribution is 5.35. The molecular weight excluding hydrogens is 272 g/mol. The number of aliphatic hydroxyl groups is 1. The van der Waals surface area contributed by atoms with Crippen molar-refractivity contribution in [3.05, 3.63) is 70.8 Å². The van der Waals surface area contributed by atoms with Gasteiger partial charge in [0, 0.05) is 19.1 Å². The van der Waals surface area contributed by atoms with Gasteiger partial charge in [-0.15, -0.1) is 0 Å². The second-order valence-electron chi connectivity index (χ2n) is 5.76. The van der Waals surface area contributed by atoms with Crippen molar-refractivity contribution < 1.29 is 5.11 Å². The maximum absolute atomic E-state index is 9.43. The Morgan fingerprint density at radius 2 is 2.05 bits per heavy atom. The van der Waals surface area contributed by atoms with E-state index in [4.69, 9.17) is 5.26 Å². The summed E-state index contributed by atoms with van der Waals surface area (Å²) >= 11 is 0. The van der Waals surface area contributed by atoms with E-state index in [1.54, 1.807) is 0 Å². The van der Waals surface area contributed by atoms with Crippen LogP contribution in [0.5, 0.6) is 0 Å². The Hall–Kier alpha value is -2.15. The molecule has 1 aliphatic rings. The first kappa shape index (κ1) is 14.8. The lowest BCUT2D eigenvalue weighted by atomic mass is 10.1. The average Bonchev–Trinajstić information content (AvgIpc) is 2.99. The van der Waals surface area contributed by atoms with Crippen LogP contribution >= 0.6 is 0 Å². The van der Waals surface area contributed by atoms with Gasteiger partial charge in [-0.2, -0.15) is 5.26 Å². The molecule has 1 N–H and O–H groups in total. The van der Waals surface area contributed by atoms with E-state index < -0.39 is 0 Å². The molecule has 0 aliphatic heterocycles. The molecule has 0 heterocycles. The van der Waals surface area contributed by atoms with Gasteiger partial charge < -0.3 is 5.11 Å². The lowest BCUT2D eigenvalue weighted by molar-refractivity contribution is 0.143. The van der Waals surface area contributed by atoms with Gasteiger partial charge in [-0.25, -0.2) is 0 Å². The normalized spacial score (nSPS) is 16.5. The van der Waals surface area contributed by atoms with Crippen molar-refractivity contribution in [2.75, 3.05) is 13.2 Å². The molecule has 3 heteroatoms. The van der Waals surface area contributed by atoms with E-state index >= 15 is 0 Å². The fourth-order valence-electron chi connectivity index (χ4n) is 3.36. The number of nitriles is 1. The molecule has 0 amide bonds. The smallest absolute Gasteiger partial charge is 0.0991 e. The zero-order valence-electron chi connectivity index (χ0n) is 12.6. The van der Waals surface area contributed by atoms with Gasteiger partial charge in [0.25, 0.3) is 0 Å². The Kier molecular flexibility index (Phi) is 4.53. The minimum absolute atomic E-state index is 0.149. The highest BCUT2D eigenvalue weighted by Crippen LogP contribution is 2.36. The van der Waals surface area contributed by atoms with Gasteiger partial charge in [-0.3, -0.25) is 4.90 Å². The first-order valence-corrected chi connectivity index (χ1v) is 7.73. The third-order valence-electron chi connectivity index (χ3n) is 4.37. The third-order valence-corrected chi connectivity index (χ3v) is 4.37. The SMILES string of the molecule is N#Cc1cccc(CN(CCO)C2CCc3ccccc32)c1. The van der Waals surface area contributed by atoms with E-state index in [2.05, 4.69) is 35.2 Å². The van der Waals surface area contributed by atoms with Crippen LogP contribution in [-0.2, 0) is 13.0 Å². The van der Waals surface area contributed by atoms with Gasteiger partial charge in [0.2, 0.25) is 0 Å².